The van der Waals surface area contributed by atoms with Gasteiger partial charge >= 0.3 is 0 Å². The highest BCUT2D eigenvalue weighted by Crippen LogP contribution is 2.66. The van der Waals surface area contributed by atoms with Gasteiger partial charge in [-0.1, -0.05) is 19.9 Å². The highest BCUT2D eigenvalue weighted by atomic mass is 32.1. The Morgan fingerprint density at radius 3 is 2.36 bits per heavy atom. The number of piperazine rings is 1. The van der Waals surface area contributed by atoms with Crippen molar-refractivity contribution in [2.45, 2.75) is 44.1 Å². The lowest BCUT2D eigenvalue weighted by Gasteiger charge is -2.53. The quantitative estimate of drug-likeness (QED) is 0.810. The first-order valence-corrected chi connectivity index (χ1v) is 10.4. The van der Waals surface area contributed by atoms with Gasteiger partial charge in [-0.05, 0) is 63.3 Å². The van der Waals surface area contributed by atoms with E-state index in [4.69, 9.17) is 0 Å². The Morgan fingerprint density at radius 1 is 1.12 bits per heavy atom. The molecule has 0 bridgehead atoms. The zero-order valence-corrected chi connectivity index (χ0v) is 16.9. The van der Waals surface area contributed by atoms with Crippen LogP contribution in [0.4, 0.5) is 0 Å². The lowest BCUT2D eigenvalue weighted by Crippen LogP contribution is -2.66. The Labute approximate surface area is 155 Å². The molecule has 1 aromatic rings. The van der Waals surface area contributed by atoms with Crippen molar-refractivity contribution in [2.75, 3.05) is 46.8 Å². The van der Waals surface area contributed by atoms with Gasteiger partial charge in [-0.25, -0.2) is 0 Å². The molecular weight excluding hydrogens is 330 g/mol. The molecular formula is C20H31N3OS. The van der Waals surface area contributed by atoms with Crippen LogP contribution in [0.1, 0.15) is 38.0 Å². The number of likely N-dealkylation sites (N-methyl/N-ethyl adjacent to an activating group) is 1. The van der Waals surface area contributed by atoms with Gasteiger partial charge in [0.15, 0.2) is 0 Å². The molecule has 2 aliphatic heterocycles. The van der Waals surface area contributed by atoms with Crippen LogP contribution in [0.15, 0.2) is 17.5 Å². The van der Waals surface area contributed by atoms with E-state index in [-0.39, 0.29) is 16.4 Å². The van der Waals surface area contributed by atoms with Crippen LogP contribution in [0.5, 0.6) is 0 Å². The number of likely N-dealkylation sites (tertiary alicyclic amines) is 1. The van der Waals surface area contributed by atoms with Gasteiger partial charge < -0.3 is 9.80 Å². The van der Waals surface area contributed by atoms with E-state index in [9.17, 15) is 4.79 Å². The molecule has 25 heavy (non-hydrogen) atoms. The summed E-state index contributed by atoms with van der Waals surface area (Å²) in [6.07, 6.45) is 3.32. The van der Waals surface area contributed by atoms with Crippen LogP contribution in [0.2, 0.25) is 0 Å². The van der Waals surface area contributed by atoms with Crippen LogP contribution in [0.3, 0.4) is 0 Å². The fraction of sp³-hybridized carbons (Fsp3) is 0.750. The number of hydrogen-bond donors (Lipinski definition) is 0. The zero-order valence-electron chi connectivity index (χ0n) is 16.0. The zero-order chi connectivity index (χ0) is 17.9. The number of hydrogen-bond acceptors (Lipinski definition) is 4. The second kappa shape index (κ2) is 5.80. The Kier molecular flexibility index (Phi) is 4.06. The number of carbonyl (C=O) groups is 1. The first kappa shape index (κ1) is 17.5. The molecule has 138 valence electrons. The van der Waals surface area contributed by atoms with E-state index in [2.05, 4.69) is 60.2 Å². The average Bonchev–Trinajstić information content (AvgIpc) is 2.95. The van der Waals surface area contributed by atoms with E-state index in [1.807, 2.05) is 0 Å². The molecule has 1 unspecified atom stereocenters. The van der Waals surface area contributed by atoms with E-state index in [1.165, 1.54) is 17.7 Å². The fourth-order valence-electron chi connectivity index (χ4n) is 5.11. The molecule has 2 saturated heterocycles. The standard InChI is InChI=1S/C20H31N3OS/c1-18(2)14-20(18,16-6-5-13-25-16)17(24)23-12-11-22(4)19(15-23)7-9-21(3)10-8-19/h5-6,13H,7-12,14-15H2,1-4H3. The van der Waals surface area contributed by atoms with Gasteiger partial charge in [0, 0.05) is 30.1 Å². The third-order valence-corrected chi connectivity index (χ3v) is 8.28. The topological polar surface area (TPSA) is 26.8 Å². The molecule has 1 aromatic heterocycles. The van der Waals surface area contributed by atoms with E-state index in [0.29, 0.717) is 5.91 Å². The van der Waals surface area contributed by atoms with Crippen molar-refractivity contribution < 1.29 is 4.79 Å². The number of thiophene rings is 1. The summed E-state index contributed by atoms with van der Waals surface area (Å²) >= 11 is 1.75. The summed E-state index contributed by atoms with van der Waals surface area (Å²) in [6, 6.07) is 4.25. The maximum Gasteiger partial charge on any atom is 0.234 e. The minimum atomic E-state index is -0.274. The number of rotatable bonds is 2. The minimum Gasteiger partial charge on any atom is -0.339 e. The van der Waals surface area contributed by atoms with Crippen LogP contribution >= 0.6 is 11.3 Å². The minimum absolute atomic E-state index is 0.0816. The Morgan fingerprint density at radius 2 is 1.80 bits per heavy atom. The van der Waals surface area contributed by atoms with Crippen LogP contribution in [-0.4, -0.2) is 73.0 Å². The molecule has 1 saturated carbocycles. The summed E-state index contributed by atoms with van der Waals surface area (Å²) in [5, 5.41) is 2.11. The third kappa shape index (κ3) is 2.58. The summed E-state index contributed by atoms with van der Waals surface area (Å²) in [5.41, 5.74) is -0.0158. The highest BCUT2D eigenvalue weighted by molar-refractivity contribution is 7.10. The summed E-state index contributed by atoms with van der Waals surface area (Å²) in [4.78, 5) is 22.1. The first-order chi connectivity index (χ1) is 11.8. The molecule has 0 aromatic carbocycles. The molecule has 0 radical (unpaired) electrons. The molecule has 5 heteroatoms. The van der Waals surface area contributed by atoms with Crippen molar-refractivity contribution in [3.05, 3.63) is 22.4 Å². The SMILES string of the molecule is CN1CCC2(CC1)CN(C(=O)C1(c3cccs3)CC1(C)C)CCN2C. The van der Waals surface area contributed by atoms with Crippen molar-refractivity contribution >= 4 is 17.2 Å². The first-order valence-electron chi connectivity index (χ1n) is 9.54. The fourth-order valence-corrected chi connectivity index (χ4v) is 6.21. The van der Waals surface area contributed by atoms with E-state index in [0.717, 1.165) is 39.1 Å². The monoisotopic (exact) mass is 361 g/mol. The van der Waals surface area contributed by atoms with Gasteiger partial charge in [0.1, 0.15) is 0 Å². The number of carbonyl (C=O) groups excluding carboxylic acids is 1. The van der Waals surface area contributed by atoms with Crippen LogP contribution in [0.25, 0.3) is 0 Å². The van der Waals surface area contributed by atoms with Gasteiger partial charge in [-0.3, -0.25) is 9.69 Å². The number of piperidine rings is 1. The van der Waals surface area contributed by atoms with Gasteiger partial charge in [-0.2, -0.15) is 0 Å². The smallest absolute Gasteiger partial charge is 0.234 e. The normalized spacial score (nSPS) is 32.1. The summed E-state index contributed by atoms with van der Waals surface area (Å²) in [7, 11) is 4.46. The molecule has 1 atom stereocenters. The highest BCUT2D eigenvalue weighted by Gasteiger charge is 2.69. The van der Waals surface area contributed by atoms with E-state index < -0.39 is 0 Å². The Hall–Kier alpha value is -0.910. The lowest BCUT2D eigenvalue weighted by atomic mass is 9.83. The largest absolute Gasteiger partial charge is 0.339 e. The summed E-state index contributed by atoms with van der Waals surface area (Å²) in [5.74, 6) is 0.381. The molecule has 3 heterocycles. The molecule has 0 N–H and O–H groups in total. The molecule has 4 rings (SSSR count). The van der Waals surface area contributed by atoms with E-state index in [1.54, 1.807) is 11.3 Å². The van der Waals surface area contributed by atoms with Crippen LogP contribution in [0, 0.1) is 5.41 Å². The van der Waals surface area contributed by atoms with Crippen molar-refractivity contribution in [3.8, 4) is 0 Å². The Balaban J connectivity index is 1.58. The molecule has 4 nitrogen and oxygen atoms in total. The van der Waals surface area contributed by atoms with Crippen LogP contribution in [-0.2, 0) is 10.2 Å². The van der Waals surface area contributed by atoms with Crippen molar-refractivity contribution in [3.63, 3.8) is 0 Å². The van der Waals surface area contributed by atoms with Crippen molar-refractivity contribution in [1.29, 1.82) is 0 Å². The Bertz CT molecular complexity index is 648. The van der Waals surface area contributed by atoms with E-state index >= 15 is 0 Å². The van der Waals surface area contributed by atoms with Gasteiger partial charge in [0.25, 0.3) is 0 Å². The van der Waals surface area contributed by atoms with Gasteiger partial charge in [0.2, 0.25) is 5.91 Å². The molecule has 1 aliphatic carbocycles. The molecule has 3 fully saturated rings. The van der Waals surface area contributed by atoms with Gasteiger partial charge in [-0.15, -0.1) is 11.3 Å². The molecule has 3 aliphatic rings. The van der Waals surface area contributed by atoms with Crippen molar-refractivity contribution in [2.24, 2.45) is 5.41 Å². The maximum atomic E-state index is 13.7. The number of nitrogens with zero attached hydrogens (tertiary/aromatic N) is 3. The van der Waals surface area contributed by atoms with Crippen molar-refractivity contribution in [1.82, 2.24) is 14.7 Å². The predicted octanol–water partition coefficient (Wildman–Crippen LogP) is 2.65. The predicted molar refractivity (Wildman–Crippen MR) is 103 cm³/mol. The lowest BCUT2D eigenvalue weighted by molar-refractivity contribution is -0.141. The summed E-state index contributed by atoms with van der Waals surface area (Å²) < 4.78 is 0. The number of amides is 1. The third-order valence-electron chi connectivity index (χ3n) is 7.25. The van der Waals surface area contributed by atoms with Gasteiger partial charge in [0.05, 0.1) is 5.41 Å². The molecule has 1 amide bonds. The second-order valence-corrected chi connectivity index (χ2v) is 10.1. The van der Waals surface area contributed by atoms with Crippen LogP contribution < -0.4 is 0 Å². The molecule has 1 spiro atoms. The second-order valence-electron chi connectivity index (χ2n) is 9.12. The maximum absolute atomic E-state index is 13.7. The average molecular weight is 362 g/mol. The summed E-state index contributed by atoms with van der Waals surface area (Å²) in [6.45, 7) is 9.55.